The first-order chi connectivity index (χ1) is 8.48. The Morgan fingerprint density at radius 1 is 1.39 bits per heavy atom. The number of amides is 1. The third-order valence-corrected chi connectivity index (χ3v) is 2.96. The molecule has 0 heterocycles. The number of nitrogens with one attached hydrogen (secondary N) is 1. The van der Waals surface area contributed by atoms with E-state index in [2.05, 4.69) is 19.2 Å². The number of rotatable bonds is 5. The van der Waals surface area contributed by atoms with Crippen LogP contribution in [0.25, 0.3) is 0 Å². The molecule has 0 fully saturated rings. The zero-order chi connectivity index (χ0) is 13.6. The van der Waals surface area contributed by atoms with Gasteiger partial charge in [0, 0.05) is 18.0 Å². The van der Waals surface area contributed by atoms with E-state index in [0.29, 0.717) is 23.6 Å². The molecule has 0 aromatic heterocycles. The largest absolute Gasteiger partial charge is 0.352 e. The van der Waals surface area contributed by atoms with E-state index in [9.17, 15) is 4.79 Å². The van der Waals surface area contributed by atoms with Gasteiger partial charge in [0.1, 0.15) is 0 Å². The fourth-order valence-corrected chi connectivity index (χ4v) is 1.97. The van der Waals surface area contributed by atoms with Crippen LogP contribution in [0.15, 0.2) is 24.3 Å². The molecule has 0 unspecified atom stereocenters. The van der Waals surface area contributed by atoms with E-state index in [0.717, 1.165) is 6.42 Å². The van der Waals surface area contributed by atoms with E-state index in [4.69, 9.17) is 16.9 Å². The molecule has 18 heavy (non-hydrogen) atoms. The summed E-state index contributed by atoms with van der Waals surface area (Å²) in [6.45, 7) is 4.71. The Morgan fingerprint density at radius 3 is 2.50 bits per heavy atom. The number of alkyl halides is 1. The molecule has 0 spiro atoms. The van der Waals surface area contributed by atoms with Gasteiger partial charge < -0.3 is 5.32 Å². The van der Waals surface area contributed by atoms with E-state index in [-0.39, 0.29) is 11.3 Å². The van der Waals surface area contributed by atoms with Crippen LogP contribution < -0.4 is 5.32 Å². The third kappa shape index (κ3) is 4.38. The van der Waals surface area contributed by atoms with Crippen LogP contribution in [-0.4, -0.2) is 18.3 Å². The van der Waals surface area contributed by atoms with Crippen molar-refractivity contribution in [2.75, 3.05) is 12.4 Å². The number of nitriles is 1. The zero-order valence-corrected chi connectivity index (χ0v) is 11.4. The monoisotopic (exact) mass is 264 g/mol. The highest BCUT2D eigenvalue weighted by atomic mass is 35.5. The van der Waals surface area contributed by atoms with Gasteiger partial charge in [0.15, 0.2) is 0 Å². The van der Waals surface area contributed by atoms with Crippen molar-refractivity contribution in [3.63, 3.8) is 0 Å². The Kier molecular flexibility index (Phi) is 5.18. The Balaban J connectivity index is 2.58. The maximum absolute atomic E-state index is 11.9. The van der Waals surface area contributed by atoms with Gasteiger partial charge in [-0.15, -0.1) is 11.6 Å². The Bertz CT molecular complexity index is 446. The molecule has 3 nitrogen and oxygen atoms in total. The molecule has 1 aromatic rings. The van der Waals surface area contributed by atoms with Crippen molar-refractivity contribution in [3.8, 4) is 6.07 Å². The fourth-order valence-electron chi connectivity index (χ4n) is 1.46. The van der Waals surface area contributed by atoms with Gasteiger partial charge in [-0.1, -0.05) is 13.8 Å². The van der Waals surface area contributed by atoms with E-state index in [1.165, 1.54) is 0 Å². The lowest BCUT2D eigenvalue weighted by Gasteiger charge is -2.23. The fraction of sp³-hybridized carbons (Fsp3) is 0.429. The summed E-state index contributed by atoms with van der Waals surface area (Å²) < 4.78 is 0. The second kappa shape index (κ2) is 6.42. The second-order valence-electron chi connectivity index (χ2n) is 4.98. The first-order valence-electron chi connectivity index (χ1n) is 5.83. The van der Waals surface area contributed by atoms with Crippen molar-refractivity contribution in [2.45, 2.75) is 20.3 Å². The normalized spacial score (nSPS) is 10.8. The van der Waals surface area contributed by atoms with Crippen LogP contribution in [0.3, 0.4) is 0 Å². The van der Waals surface area contributed by atoms with E-state index in [1.54, 1.807) is 24.3 Å². The summed E-state index contributed by atoms with van der Waals surface area (Å²) in [6, 6.07) is 8.61. The number of halogens is 1. The molecular formula is C14H17ClN2O. The molecule has 0 saturated carbocycles. The van der Waals surface area contributed by atoms with Gasteiger partial charge in [0.05, 0.1) is 11.6 Å². The lowest BCUT2D eigenvalue weighted by molar-refractivity contribution is 0.0936. The number of carbonyl (C=O) groups excluding carboxylic acids is 1. The van der Waals surface area contributed by atoms with Gasteiger partial charge in [-0.05, 0) is 36.1 Å². The highest BCUT2D eigenvalue weighted by Crippen LogP contribution is 2.19. The minimum Gasteiger partial charge on any atom is -0.352 e. The summed E-state index contributed by atoms with van der Waals surface area (Å²) in [5, 5.41) is 11.6. The van der Waals surface area contributed by atoms with E-state index in [1.807, 2.05) is 6.07 Å². The first kappa shape index (κ1) is 14.5. The summed E-state index contributed by atoms with van der Waals surface area (Å²) in [5.41, 5.74) is 1.11. The molecule has 0 aliphatic rings. The van der Waals surface area contributed by atoms with Crippen molar-refractivity contribution < 1.29 is 4.79 Å². The summed E-state index contributed by atoms with van der Waals surface area (Å²) in [7, 11) is 0. The molecular weight excluding hydrogens is 248 g/mol. The van der Waals surface area contributed by atoms with Crippen molar-refractivity contribution in [1.82, 2.24) is 5.32 Å². The standard InChI is InChI=1S/C14H17ClN2O/c1-14(2,7-8-15)10-17-13(18)12-5-3-11(9-16)4-6-12/h3-6H,7-8,10H2,1-2H3,(H,17,18). The van der Waals surface area contributed by atoms with Crippen LogP contribution in [-0.2, 0) is 0 Å². The molecule has 1 rings (SSSR count). The maximum Gasteiger partial charge on any atom is 0.251 e. The third-order valence-electron chi connectivity index (χ3n) is 2.77. The quantitative estimate of drug-likeness (QED) is 0.832. The zero-order valence-electron chi connectivity index (χ0n) is 10.7. The Hall–Kier alpha value is -1.53. The Morgan fingerprint density at radius 2 is 2.00 bits per heavy atom. The van der Waals surface area contributed by atoms with Gasteiger partial charge in [0.25, 0.3) is 5.91 Å². The average Bonchev–Trinajstić information content (AvgIpc) is 2.36. The molecule has 0 aliphatic carbocycles. The SMILES string of the molecule is CC(C)(CCCl)CNC(=O)c1ccc(C#N)cc1. The predicted molar refractivity (Wildman–Crippen MR) is 72.6 cm³/mol. The van der Waals surface area contributed by atoms with Crippen molar-refractivity contribution in [2.24, 2.45) is 5.41 Å². The second-order valence-corrected chi connectivity index (χ2v) is 5.35. The molecule has 0 bridgehead atoms. The minimum atomic E-state index is -0.123. The maximum atomic E-state index is 11.9. The van der Waals surface area contributed by atoms with Crippen LogP contribution in [0.2, 0.25) is 0 Å². The Labute approximate surface area is 113 Å². The average molecular weight is 265 g/mol. The van der Waals surface area contributed by atoms with Gasteiger partial charge in [-0.2, -0.15) is 5.26 Å². The van der Waals surface area contributed by atoms with Crippen LogP contribution >= 0.6 is 11.6 Å². The molecule has 1 N–H and O–H groups in total. The molecule has 4 heteroatoms. The smallest absolute Gasteiger partial charge is 0.251 e. The van der Waals surface area contributed by atoms with Gasteiger partial charge in [0.2, 0.25) is 0 Å². The predicted octanol–water partition coefficient (Wildman–Crippen LogP) is 2.94. The lowest BCUT2D eigenvalue weighted by atomic mass is 9.90. The molecule has 1 aromatic carbocycles. The van der Waals surface area contributed by atoms with Crippen molar-refractivity contribution >= 4 is 17.5 Å². The molecule has 0 saturated heterocycles. The topological polar surface area (TPSA) is 52.9 Å². The molecule has 0 radical (unpaired) electrons. The first-order valence-corrected chi connectivity index (χ1v) is 6.36. The molecule has 1 amide bonds. The highest BCUT2D eigenvalue weighted by molar-refractivity contribution is 6.17. The van der Waals surface area contributed by atoms with Crippen LogP contribution in [0.1, 0.15) is 36.2 Å². The minimum absolute atomic E-state index is 0.00992. The number of carbonyl (C=O) groups is 1. The van der Waals surface area contributed by atoms with Crippen LogP contribution in [0, 0.1) is 16.7 Å². The summed E-state index contributed by atoms with van der Waals surface area (Å²) in [4.78, 5) is 11.9. The van der Waals surface area contributed by atoms with Crippen molar-refractivity contribution in [1.29, 1.82) is 5.26 Å². The number of hydrogen-bond acceptors (Lipinski definition) is 2. The number of benzene rings is 1. The molecule has 0 atom stereocenters. The molecule has 0 aliphatic heterocycles. The lowest BCUT2D eigenvalue weighted by Crippen LogP contribution is -2.34. The van der Waals surface area contributed by atoms with Gasteiger partial charge in [-0.25, -0.2) is 0 Å². The van der Waals surface area contributed by atoms with Gasteiger partial charge >= 0.3 is 0 Å². The summed E-state index contributed by atoms with van der Waals surface area (Å²) in [5.74, 6) is 0.460. The molecule has 96 valence electrons. The number of nitrogens with zero attached hydrogens (tertiary/aromatic N) is 1. The van der Waals surface area contributed by atoms with E-state index < -0.39 is 0 Å². The van der Waals surface area contributed by atoms with Crippen LogP contribution in [0.5, 0.6) is 0 Å². The van der Waals surface area contributed by atoms with Crippen molar-refractivity contribution in [3.05, 3.63) is 35.4 Å². The highest BCUT2D eigenvalue weighted by Gasteiger charge is 2.18. The van der Waals surface area contributed by atoms with E-state index >= 15 is 0 Å². The summed E-state index contributed by atoms with van der Waals surface area (Å²) in [6.07, 6.45) is 0.849. The number of hydrogen-bond donors (Lipinski definition) is 1. The van der Waals surface area contributed by atoms with Gasteiger partial charge in [-0.3, -0.25) is 4.79 Å². The summed E-state index contributed by atoms with van der Waals surface area (Å²) >= 11 is 5.71. The van der Waals surface area contributed by atoms with Crippen LogP contribution in [0.4, 0.5) is 0 Å².